The van der Waals surface area contributed by atoms with Crippen molar-refractivity contribution in [3.63, 3.8) is 0 Å². The number of pyridine rings is 1. The maximum atomic E-state index is 11.2. The van der Waals surface area contributed by atoms with Crippen molar-refractivity contribution in [1.29, 1.82) is 0 Å². The number of hydrogen-bond acceptors (Lipinski definition) is 6. The van der Waals surface area contributed by atoms with E-state index in [-0.39, 0.29) is 5.69 Å². The monoisotopic (exact) mass is 241 g/mol. The molecule has 0 saturated heterocycles. The summed E-state index contributed by atoms with van der Waals surface area (Å²) in [7, 11) is 1.32. The van der Waals surface area contributed by atoms with Crippen LogP contribution in [0.1, 0.15) is 10.5 Å². The maximum Gasteiger partial charge on any atom is 0.356 e. The van der Waals surface area contributed by atoms with Crippen LogP contribution in [0.15, 0.2) is 12.1 Å². The zero-order valence-electron chi connectivity index (χ0n) is 9.32. The molecule has 1 rings (SSSR count). The zero-order chi connectivity index (χ0) is 12.0. The molecule has 0 bridgehead atoms. The van der Waals surface area contributed by atoms with E-state index in [2.05, 4.69) is 15.0 Å². The standard InChI is InChI=1S/C10H15N3O2S/c1-15-10(14)8-4-3-7(11)9(13-8)12-5-6-16-2/h3-4H,5-6,11H2,1-2H3,(H,12,13). The third kappa shape index (κ3) is 3.30. The fourth-order valence-electron chi connectivity index (χ4n) is 1.10. The Morgan fingerprint density at radius 3 is 3.00 bits per heavy atom. The van der Waals surface area contributed by atoms with Crippen molar-refractivity contribution in [2.24, 2.45) is 0 Å². The molecule has 0 atom stereocenters. The van der Waals surface area contributed by atoms with Crippen LogP contribution in [0.25, 0.3) is 0 Å². The topological polar surface area (TPSA) is 77.2 Å². The van der Waals surface area contributed by atoms with Crippen LogP contribution in [0, 0.1) is 0 Å². The molecule has 3 N–H and O–H groups in total. The van der Waals surface area contributed by atoms with Crippen molar-refractivity contribution in [1.82, 2.24) is 4.98 Å². The van der Waals surface area contributed by atoms with Gasteiger partial charge in [0.15, 0.2) is 5.69 Å². The van der Waals surface area contributed by atoms with Crippen LogP contribution in [0.3, 0.4) is 0 Å². The van der Waals surface area contributed by atoms with Gasteiger partial charge < -0.3 is 15.8 Å². The van der Waals surface area contributed by atoms with Crippen molar-refractivity contribution in [3.05, 3.63) is 17.8 Å². The van der Waals surface area contributed by atoms with Gasteiger partial charge in [-0.1, -0.05) is 0 Å². The summed E-state index contributed by atoms with van der Waals surface area (Å²) in [6.45, 7) is 0.753. The Hall–Kier alpha value is -1.43. The van der Waals surface area contributed by atoms with Gasteiger partial charge in [0.25, 0.3) is 0 Å². The van der Waals surface area contributed by atoms with Gasteiger partial charge in [0.05, 0.1) is 12.8 Å². The second kappa shape index (κ2) is 6.22. The van der Waals surface area contributed by atoms with E-state index >= 15 is 0 Å². The Kier molecular flexibility index (Phi) is 4.91. The van der Waals surface area contributed by atoms with Gasteiger partial charge in [-0.25, -0.2) is 9.78 Å². The number of hydrogen-bond donors (Lipinski definition) is 2. The molecule has 0 unspecified atom stereocenters. The lowest BCUT2D eigenvalue weighted by molar-refractivity contribution is 0.0594. The number of carbonyl (C=O) groups excluding carboxylic acids is 1. The van der Waals surface area contributed by atoms with Gasteiger partial charge in [-0.05, 0) is 18.4 Å². The molecule has 5 nitrogen and oxygen atoms in total. The minimum atomic E-state index is -0.465. The van der Waals surface area contributed by atoms with Crippen LogP contribution < -0.4 is 11.1 Å². The van der Waals surface area contributed by atoms with Gasteiger partial charge in [-0.3, -0.25) is 0 Å². The number of thioether (sulfide) groups is 1. The van der Waals surface area contributed by atoms with Gasteiger partial charge in [0.2, 0.25) is 0 Å². The number of esters is 1. The second-order valence-electron chi connectivity index (χ2n) is 3.05. The molecule has 16 heavy (non-hydrogen) atoms. The van der Waals surface area contributed by atoms with E-state index < -0.39 is 5.97 Å². The Morgan fingerprint density at radius 2 is 2.38 bits per heavy atom. The van der Waals surface area contributed by atoms with Crippen molar-refractivity contribution >= 4 is 29.2 Å². The SMILES string of the molecule is COC(=O)c1ccc(N)c(NCCSC)n1. The van der Waals surface area contributed by atoms with Crippen LogP contribution in [-0.4, -0.2) is 36.6 Å². The highest BCUT2D eigenvalue weighted by molar-refractivity contribution is 7.98. The van der Waals surface area contributed by atoms with E-state index in [1.54, 1.807) is 23.9 Å². The van der Waals surface area contributed by atoms with E-state index in [9.17, 15) is 4.79 Å². The summed E-state index contributed by atoms with van der Waals surface area (Å²) in [6.07, 6.45) is 2.02. The number of ether oxygens (including phenoxy) is 1. The normalized spacial score (nSPS) is 9.88. The molecule has 1 heterocycles. The van der Waals surface area contributed by atoms with Crippen LogP contribution in [0.5, 0.6) is 0 Å². The first-order valence-electron chi connectivity index (χ1n) is 4.76. The summed E-state index contributed by atoms with van der Waals surface area (Å²) in [5, 5.41) is 3.07. The number of carbonyl (C=O) groups is 1. The van der Waals surface area contributed by atoms with Gasteiger partial charge in [-0.15, -0.1) is 0 Å². The quantitative estimate of drug-likeness (QED) is 0.596. The molecule has 0 aliphatic carbocycles. The number of aromatic nitrogens is 1. The van der Waals surface area contributed by atoms with Gasteiger partial charge in [0.1, 0.15) is 5.82 Å². The number of nitrogens with two attached hydrogens (primary N) is 1. The molecule has 0 aliphatic rings. The first-order valence-corrected chi connectivity index (χ1v) is 6.16. The lowest BCUT2D eigenvalue weighted by Gasteiger charge is -2.08. The summed E-state index contributed by atoms with van der Waals surface area (Å²) in [5.74, 6) is 1.01. The van der Waals surface area contributed by atoms with E-state index in [0.717, 1.165) is 12.3 Å². The summed E-state index contributed by atoms with van der Waals surface area (Å²) in [5.41, 5.74) is 6.50. The highest BCUT2D eigenvalue weighted by Gasteiger charge is 2.09. The molecule has 0 aromatic carbocycles. The van der Waals surface area contributed by atoms with Crippen LogP contribution in [0.4, 0.5) is 11.5 Å². The first-order chi connectivity index (χ1) is 7.69. The van der Waals surface area contributed by atoms with Crippen LogP contribution in [-0.2, 0) is 4.74 Å². The molecule has 6 heteroatoms. The summed E-state index contributed by atoms with van der Waals surface area (Å²) < 4.78 is 4.58. The van der Waals surface area contributed by atoms with E-state index in [1.807, 2.05) is 6.26 Å². The molecular weight excluding hydrogens is 226 g/mol. The van der Waals surface area contributed by atoms with Crippen LogP contribution in [0.2, 0.25) is 0 Å². The van der Waals surface area contributed by atoms with Crippen molar-refractivity contribution in [2.45, 2.75) is 0 Å². The maximum absolute atomic E-state index is 11.2. The van der Waals surface area contributed by atoms with E-state index in [4.69, 9.17) is 5.73 Å². The fraction of sp³-hybridized carbons (Fsp3) is 0.400. The number of methoxy groups -OCH3 is 1. The molecular formula is C10H15N3O2S. The van der Waals surface area contributed by atoms with Crippen LogP contribution >= 0.6 is 11.8 Å². The number of nitrogens with one attached hydrogen (secondary N) is 1. The van der Waals surface area contributed by atoms with Gasteiger partial charge in [-0.2, -0.15) is 11.8 Å². The molecule has 1 aromatic heterocycles. The Balaban J connectivity index is 2.78. The number of nitrogens with zero attached hydrogens (tertiary/aromatic N) is 1. The van der Waals surface area contributed by atoms with E-state index in [1.165, 1.54) is 7.11 Å². The predicted molar refractivity (Wildman–Crippen MR) is 66.9 cm³/mol. The molecule has 0 fully saturated rings. The number of nitrogen functional groups attached to an aromatic ring is 1. The smallest absolute Gasteiger partial charge is 0.356 e. The molecule has 0 radical (unpaired) electrons. The number of rotatable bonds is 5. The summed E-state index contributed by atoms with van der Waals surface area (Å²) in [6, 6.07) is 3.18. The average molecular weight is 241 g/mol. The largest absolute Gasteiger partial charge is 0.464 e. The molecule has 0 amide bonds. The molecule has 0 aliphatic heterocycles. The van der Waals surface area contributed by atoms with Gasteiger partial charge >= 0.3 is 5.97 Å². The fourth-order valence-corrected chi connectivity index (χ4v) is 1.41. The summed E-state index contributed by atoms with van der Waals surface area (Å²) >= 11 is 1.72. The first kappa shape index (κ1) is 12.6. The van der Waals surface area contributed by atoms with Crippen molar-refractivity contribution < 1.29 is 9.53 Å². The Morgan fingerprint density at radius 1 is 1.62 bits per heavy atom. The highest BCUT2D eigenvalue weighted by Crippen LogP contribution is 2.16. The van der Waals surface area contributed by atoms with E-state index in [0.29, 0.717) is 11.5 Å². The number of anilines is 2. The minimum absolute atomic E-state index is 0.253. The third-order valence-corrected chi connectivity index (χ3v) is 2.53. The third-order valence-electron chi connectivity index (χ3n) is 1.92. The Labute approximate surface area is 98.8 Å². The lowest BCUT2D eigenvalue weighted by Crippen LogP contribution is -2.11. The zero-order valence-corrected chi connectivity index (χ0v) is 10.1. The van der Waals surface area contributed by atoms with Crippen molar-refractivity contribution in [2.75, 3.05) is 36.7 Å². The van der Waals surface area contributed by atoms with Crippen molar-refractivity contribution in [3.8, 4) is 0 Å². The minimum Gasteiger partial charge on any atom is -0.464 e. The molecule has 1 aromatic rings. The van der Waals surface area contributed by atoms with Gasteiger partial charge in [0, 0.05) is 12.3 Å². The molecule has 0 spiro atoms. The summed E-state index contributed by atoms with van der Waals surface area (Å²) in [4.78, 5) is 15.3. The Bertz CT molecular complexity index is 371. The average Bonchev–Trinajstić information content (AvgIpc) is 2.31. The highest BCUT2D eigenvalue weighted by atomic mass is 32.2. The second-order valence-corrected chi connectivity index (χ2v) is 4.03. The molecule has 88 valence electrons. The lowest BCUT2D eigenvalue weighted by atomic mass is 10.3. The predicted octanol–water partition coefficient (Wildman–Crippen LogP) is 1.23. The molecule has 0 saturated carbocycles.